The molecule has 0 amide bonds. The normalized spacial score (nSPS) is 18.1. The van der Waals surface area contributed by atoms with Crippen LogP contribution in [0.1, 0.15) is 6.92 Å². The van der Waals surface area contributed by atoms with E-state index in [4.69, 9.17) is 0 Å². The molecular weight excluding hydrogens is 88.1 g/mol. The number of allylic oxidation sites excluding steroid dienone is 1. The first-order valence-electron chi connectivity index (χ1n) is 2.39. The summed E-state index contributed by atoms with van der Waals surface area (Å²) in [5.74, 6) is 2.81. The lowest BCUT2D eigenvalue weighted by molar-refractivity contribution is 0.790. The van der Waals surface area contributed by atoms with Crippen molar-refractivity contribution >= 4 is 5.87 Å². The molecule has 38 valence electrons. The van der Waals surface area contributed by atoms with Gasteiger partial charge in [-0.25, -0.2) is 4.99 Å². The Bertz CT molecular complexity index is 120. The molecule has 0 aliphatic carbocycles. The third-order valence-corrected chi connectivity index (χ3v) is 0.861. The molecule has 0 bridgehead atoms. The zero-order valence-electron chi connectivity index (χ0n) is 4.36. The molecule has 0 radical (unpaired) electrons. The number of nitrogens with one attached hydrogen (secondary N) is 1. The second-order valence-corrected chi connectivity index (χ2v) is 1.55. The third-order valence-electron chi connectivity index (χ3n) is 0.861. The second kappa shape index (κ2) is 1.80. The van der Waals surface area contributed by atoms with E-state index >= 15 is 0 Å². The minimum Gasteiger partial charge on any atom is -0.379 e. The minimum atomic E-state index is 0.872. The first-order valence-corrected chi connectivity index (χ1v) is 2.39. The topological polar surface area (TPSA) is 24.4 Å². The molecule has 1 rings (SSSR count). The second-order valence-electron chi connectivity index (χ2n) is 1.55. The summed E-state index contributed by atoms with van der Waals surface area (Å²) in [6, 6.07) is 0. The van der Waals surface area contributed by atoms with E-state index in [9.17, 15) is 0 Å². The molecule has 2 nitrogen and oxygen atoms in total. The summed E-state index contributed by atoms with van der Waals surface area (Å²) in [6.07, 6.45) is 0. The van der Waals surface area contributed by atoms with Crippen LogP contribution in [0.4, 0.5) is 0 Å². The van der Waals surface area contributed by atoms with E-state index in [-0.39, 0.29) is 0 Å². The molecule has 0 atom stereocenters. The zero-order valence-corrected chi connectivity index (χ0v) is 4.36. The summed E-state index contributed by atoms with van der Waals surface area (Å²) in [7, 11) is 0. The molecule has 1 aliphatic heterocycles. The summed E-state index contributed by atoms with van der Waals surface area (Å²) < 4.78 is 0. The predicted molar refractivity (Wildman–Crippen MR) is 29.5 cm³/mol. The van der Waals surface area contributed by atoms with Gasteiger partial charge in [0.25, 0.3) is 0 Å². The van der Waals surface area contributed by atoms with Crippen LogP contribution in [0, 0.1) is 0 Å². The molecule has 0 spiro atoms. The Kier molecular flexibility index (Phi) is 1.14. The maximum atomic E-state index is 3.91. The smallest absolute Gasteiger partial charge is 0.0700 e. The van der Waals surface area contributed by atoms with Crippen LogP contribution in [0.5, 0.6) is 0 Å². The highest BCUT2D eigenvalue weighted by atomic mass is 14.9. The van der Waals surface area contributed by atoms with Gasteiger partial charge in [0.15, 0.2) is 0 Å². The van der Waals surface area contributed by atoms with E-state index < -0.39 is 0 Å². The van der Waals surface area contributed by atoms with Crippen molar-refractivity contribution in [2.24, 2.45) is 4.99 Å². The quantitative estimate of drug-likeness (QED) is 0.456. The van der Waals surface area contributed by atoms with Crippen molar-refractivity contribution < 1.29 is 0 Å². The average molecular weight is 96.1 g/mol. The summed E-state index contributed by atoms with van der Waals surface area (Å²) in [4.78, 5) is 3.91. The van der Waals surface area contributed by atoms with Crippen molar-refractivity contribution in [3.05, 3.63) is 5.70 Å². The van der Waals surface area contributed by atoms with Crippen molar-refractivity contribution in [1.29, 1.82) is 0 Å². The monoisotopic (exact) mass is 96.1 g/mol. The van der Waals surface area contributed by atoms with Gasteiger partial charge in [0, 0.05) is 12.4 Å². The maximum absolute atomic E-state index is 3.91. The van der Waals surface area contributed by atoms with Crippen LogP contribution in [0.3, 0.4) is 0 Å². The van der Waals surface area contributed by atoms with Gasteiger partial charge < -0.3 is 5.32 Å². The first kappa shape index (κ1) is 4.41. The first-order chi connectivity index (χ1) is 3.39. The number of aliphatic imine (C=N–C) groups is 1. The maximum Gasteiger partial charge on any atom is 0.0700 e. The molecule has 0 unspecified atom stereocenters. The van der Waals surface area contributed by atoms with Gasteiger partial charge in [-0.1, -0.05) is 0 Å². The summed E-state index contributed by atoms with van der Waals surface area (Å²) in [5.41, 5.74) is 1.05. The molecular formula is C5H8N2. The van der Waals surface area contributed by atoms with E-state index in [1.807, 2.05) is 6.92 Å². The van der Waals surface area contributed by atoms with Crippen LogP contribution in [0.25, 0.3) is 0 Å². The largest absolute Gasteiger partial charge is 0.379 e. The van der Waals surface area contributed by atoms with Crippen molar-refractivity contribution in [3.8, 4) is 0 Å². The van der Waals surface area contributed by atoms with Crippen molar-refractivity contribution in [3.63, 3.8) is 0 Å². The van der Waals surface area contributed by atoms with E-state index in [0.29, 0.717) is 0 Å². The van der Waals surface area contributed by atoms with Crippen LogP contribution in [0.15, 0.2) is 10.7 Å². The SMILES string of the molecule is CC1=C=NCCN1. The van der Waals surface area contributed by atoms with Gasteiger partial charge in [0.2, 0.25) is 0 Å². The molecule has 7 heavy (non-hydrogen) atoms. The Morgan fingerprint density at radius 2 is 2.71 bits per heavy atom. The molecule has 1 aliphatic rings. The molecule has 0 saturated carbocycles. The molecule has 2 heteroatoms. The van der Waals surface area contributed by atoms with E-state index in [1.54, 1.807) is 0 Å². The fourth-order valence-corrected chi connectivity index (χ4v) is 0.513. The number of hydrogen-bond donors (Lipinski definition) is 1. The highest BCUT2D eigenvalue weighted by Gasteiger charge is 1.88. The molecule has 0 aromatic heterocycles. The summed E-state index contributed by atoms with van der Waals surface area (Å²) >= 11 is 0. The van der Waals surface area contributed by atoms with Gasteiger partial charge in [-0.2, -0.15) is 0 Å². The number of nitrogens with zero attached hydrogens (tertiary/aromatic N) is 1. The standard InChI is InChI=1S/C5H8N2/c1-5-4-6-2-3-7-5/h7H,2-3H2,1H3. The van der Waals surface area contributed by atoms with Crippen LogP contribution in [0.2, 0.25) is 0 Å². The van der Waals surface area contributed by atoms with E-state index in [1.165, 1.54) is 0 Å². The average Bonchev–Trinajstić information content (AvgIpc) is 1.69. The number of rotatable bonds is 0. The van der Waals surface area contributed by atoms with Gasteiger partial charge in [0.05, 0.1) is 12.2 Å². The van der Waals surface area contributed by atoms with Crippen LogP contribution in [-0.2, 0) is 0 Å². The van der Waals surface area contributed by atoms with Crippen LogP contribution < -0.4 is 5.32 Å². The van der Waals surface area contributed by atoms with E-state index in [0.717, 1.165) is 18.8 Å². The lowest BCUT2D eigenvalue weighted by Crippen LogP contribution is -2.18. The molecule has 1 heterocycles. The van der Waals surface area contributed by atoms with Crippen LogP contribution in [-0.4, -0.2) is 19.0 Å². The Labute approximate surface area is 42.9 Å². The fourth-order valence-electron chi connectivity index (χ4n) is 0.513. The van der Waals surface area contributed by atoms with Gasteiger partial charge in [-0.3, -0.25) is 0 Å². The van der Waals surface area contributed by atoms with Crippen molar-refractivity contribution in [2.45, 2.75) is 6.92 Å². The van der Waals surface area contributed by atoms with Gasteiger partial charge in [-0.05, 0) is 6.92 Å². The van der Waals surface area contributed by atoms with Gasteiger partial charge >= 0.3 is 0 Å². The number of hydrogen-bond acceptors (Lipinski definition) is 2. The minimum absolute atomic E-state index is 0.872. The predicted octanol–water partition coefficient (Wildman–Crippen LogP) is 0.163. The fraction of sp³-hybridized carbons (Fsp3) is 0.600. The van der Waals surface area contributed by atoms with Crippen molar-refractivity contribution in [1.82, 2.24) is 5.32 Å². The molecule has 0 saturated heterocycles. The Morgan fingerprint density at radius 3 is 3.00 bits per heavy atom. The van der Waals surface area contributed by atoms with Gasteiger partial charge in [-0.15, -0.1) is 0 Å². The summed E-state index contributed by atoms with van der Waals surface area (Å²) in [5, 5.41) is 3.09. The van der Waals surface area contributed by atoms with E-state index in [2.05, 4.69) is 16.2 Å². The lowest BCUT2D eigenvalue weighted by atomic mass is 10.5. The highest BCUT2D eigenvalue weighted by molar-refractivity contribution is 5.57. The van der Waals surface area contributed by atoms with Crippen molar-refractivity contribution in [2.75, 3.05) is 13.1 Å². The van der Waals surface area contributed by atoms with Gasteiger partial charge in [0.1, 0.15) is 0 Å². The highest BCUT2D eigenvalue weighted by Crippen LogP contribution is 1.81. The Hall–Kier alpha value is -0.750. The summed E-state index contributed by atoms with van der Waals surface area (Å²) in [6.45, 7) is 3.80. The Balaban J connectivity index is 2.68. The molecule has 0 fully saturated rings. The zero-order chi connectivity index (χ0) is 5.11. The lowest BCUT2D eigenvalue weighted by Gasteiger charge is -2.02. The third kappa shape index (κ3) is 1.05. The Morgan fingerprint density at radius 1 is 1.86 bits per heavy atom. The molecule has 0 aromatic carbocycles. The molecule has 1 N–H and O–H groups in total. The van der Waals surface area contributed by atoms with Crippen LogP contribution >= 0.6 is 0 Å². The molecule has 0 aromatic rings.